The minimum atomic E-state index is -0.160. The van der Waals surface area contributed by atoms with Crippen LogP contribution in [0.2, 0.25) is 0 Å². The van der Waals surface area contributed by atoms with Crippen LogP contribution in [0.5, 0.6) is 0 Å². The second-order valence-electron chi connectivity index (χ2n) is 5.88. The SMILES string of the molecule is CCOC1CCCN(C(=O)C2(CC)CCCNC2)C1. The summed E-state index contributed by atoms with van der Waals surface area (Å²) in [6, 6.07) is 0. The molecule has 0 aromatic heterocycles. The Morgan fingerprint density at radius 1 is 1.42 bits per heavy atom. The van der Waals surface area contributed by atoms with E-state index in [1.54, 1.807) is 0 Å². The van der Waals surface area contributed by atoms with Crippen LogP contribution in [-0.4, -0.2) is 49.7 Å². The van der Waals surface area contributed by atoms with Gasteiger partial charge in [-0.3, -0.25) is 4.79 Å². The summed E-state index contributed by atoms with van der Waals surface area (Å²) >= 11 is 0. The highest BCUT2D eigenvalue weighted by Gasteiger charge is 2.41. The van der Waals surface area contributed by atoms with E-state index in [-0.39, 0.29) is 11.5 Å². The number of ether oxygens (including phenoxy) is 1. The van der Waals surface area contributed by atoms with Crippen LogP contribution in [0, 0.1) is 5.41 Å². The minimum absolute atomic E-state index is 0.160. The van der Waals surface area contributed by atoms with E-state index in [1.807, 2.05) is 6.92 Å². The first-order chi connectivity index (χ1) is 9.22. The maximum Gasteiger partial charge on any atom is 0.230 e. The van der Waals surface area contributed by atoms with Crippen LogP contribution in [0.25, 0.3) is 0 Å². The number of piperidine rings is 2. The van der Waals surface area contributed by atoms with Crippen molar-refractivity contribution < 1.29 is 9.53 Å². The van der Waals surface area contributed by atoms with Crippen molar-refractivity contribution in [2.24, 2.45) is 5.41 Å². The van der Waals surface area contributed by atoms with Gasteiger partial charge in [-0.2, -0.15) is 0 Å². The Labute approximate surface area is 116 Å². The smallest absolute Gasteiger partial charge is 0.230 e. The summed E-state index contributed by atoms with van der Waals surface area (Å²) in [4.78, 5) is 14.9. The van der Waals surface area contributed by atoms with E-state index in [4.69, 9.17) is 4.74 Å². The fourth-order valence-electron chi connectivity index (χ4n) is 3.43. The normalized spacial score (nSPS) is 32.3. The minimum Gasteiger partial charge on any atom is -0.377 e. The van der Waals surface area contributed by atoms with Gasteiger partial charge in [0.2, 0.25) is 5.91 Å². The summed E-state index contributed by atoms with van der Waals surface area (Å²) < 4.78 is 5.71. The molecule has 0 aromatic rings. The molecule has 0 saturated carbocycles. The number of hydrogen-bond donors (Lipinski definition) is 1. The van der Waals surface area contributed by atoms with Gasteiger partial charge in [-0.05, 0) is 45.6 Å². The fraction of sp³-hybridized carbons (Fsp3) is 0.933. The molecule has 2 unspecified atom stereocenters. The summed E-state index contributed by atoms with van der Waals surface area (Å²) in [5.74, 6) is 0.353. The lowest BCUT2D eigenvalue weighted by atomic mass is 9.76. The van der Waals surface area contributed by atoms with Crippen molar-refractivity contribution in [3.63, 3.8) is 0 Å². The van der Waals surface area contributed by atoms with E-state index in [9.17, 15) is 4.79 Å². The molecule has 2 heterocycles. The molecule has 0 bridgehead atoms. The van der Waals surface area contributed by atoms with Crippen LogP contribution in [0.3, 0.4) is 0 Å². The van der Waals surface area contributed by atoms with Crippen LogP contribution < -0.4 is 5.32 Å². The molecule has 110 valence electrons. The van der Waals surface area contributed by atoms with Crippen LogP contribution in [0.15, 0.2) is 0 Å². The number of carbonyl (C=O) groups excluding carboxylic acids is 1. The molecule has 1 amide bonds. The predicted molar refractivity (Wildman–Crippen MR) is 76.1 cm³/mol. The summed E-state index contributed by atoms with van der Waals surface area (Å²) in [6.45, 7) is 8.51. The van der Waals surface area contributed by atoms with Gasteiger partial charge >= 0.3 is 0 Å². The van der Waals surface area contributed by atoms with Gasteiger partial charge in [-0.25, -0.2) is 0 Å². The molecule has 0 aliphatic carbocycles. The Kier molecular flexibility index (Phi) is 5.22. The molecule has 0 aromatic carbocycles. The lowest BCUT2D eigenvalue weighted by molar-refractivity contribution is -0.147. The quantitative estimate of drug-likeness (QED) is 0.845. The summed E-state index contributed by atoms with van der Waals surface area (Å²) in [6.07, 6.45) is 5.49. The zero-order valence-electron chi connectivity index (χ0n) is 12.4. The van der Waals surface area contributed by atoms with Gasteiger partial charge in [0.1, 0.15) is 0 Å². The van der Waals surface area contributed by atoms with Crippen LogP contribution in [-0.2, 0) is 9.53 Å². The van der Waals surface area contributed by atoms with Crippen molar-refractivity contribution in [1.29, 1.82) is 0 Å². The Balaban J connectivity index is 2.00. The van der Waals surface area contributed by atoms with E-state index in [1.165, 1.54) is 0 Å². The van der Waals surface area contributed by atoms with Crippen molar-refractivity contribution in [3.05, 3.63) is 0 Å². The molecular formula is C15H28N2O2. The molecule has 2 atom stereocenters. The number of amides is 1. The number of rotatable bonds is 4. The summed E-state index contributed by atoms with van der Waals surface area (Å²) in [5.41, 5.74) is -0.160. The second kappa shape index (κ2) is 6.71. The lowest BCUT2D eigenvalue weighted by Crippen LogP contribution is -2.54. The first-order valence-electron chi connectivity index (χ1n) is 7.83. The van der Waals surface area contributed by atoms with Gasteiger partial charge in [-0.15, -0.1) is 0 Å². The topological polar surface area (TPSA) is 41.6 Å². The number of nitrogens with one attached hydrogen (secondary N) is 1. The van der Waals surface area contributed by atoms with Gasteiger partial charge < -0.3 is 15.0 Å². The predicted octanol–water partition coefficient (Wildman–Crippen LogP) is 1.79. The van der Waals surface area contributed by atoms with E-state index in [0.29, 0.717) is 5.91 Å². The number of nitrogens with zero attached hydrogens (tertiary/aromatic N) is 1. The van der Waals surface area contributed by atoms with Gasteiger partial charge in [0.25, 0.3) is 0 Å². The summed E-state index contributed by atoms with van der Waals surface area (Å²) in [5, 5.41) is 3.40. The molecule has 2 aliphatic rings. The largest absolute Gasteiger partial charge is 0.377 e. The molecular weight excluding hydrogens is 240 g/mol. The third-order valence-corrected chi connectivity index (χ3v) is 4.67. The van der Waals surface area contributed by atoms with Crippen LogP contribution >= 0.6 is 0 Å². The van der Waals surface area contributed by atoms with Gasteiger partial charge in [0.15, 0.2) is 0 Å². The molecule has 0 spiro atoms. The maximum atomic E-state index is 12.9. The third kappa shape index (κ3) is 3.29. The van der Waals surface area contributed by atoms with E-state index < -0.39 is 0 Å². The maximum absolute atomic E-state index is 12.9. The van der Waals surface area contributed by atoms with E-state index in [0.717, 1.165) is 64.9 Å². The third-order valence-electron chi connectivity index (χ3n) is 4.67. The first kappa shape index (κ1) is 14.8. The number of carbonyl (C=O) groups is 1. The monoisotopic (exact) mass is 268 g/mol. The molecule has 2 fully saturated rings. The van der Waals surface area contributed by atoms with Crippen molar-refractivity contribution >= 4 is 5.91 Å². The number of likely N-dealkylation sites (tertiary alicyclic amines) is 1. The molecule has 4 heteroatoms. The average molecular weight is 268 g/mol. The molecule has 2 aliphatic heterocycles. The van der Waals surface area contributed by atoms with Gasteiger partial charge in [-0.1, -0.05) is 6.92 Å². The highest BCUT2D eigenvalue weighted by molar-refractivity contribution is 5.83. The fourth-order valence-corrected chi connectivity index (χ4v) is 3.43. The Morgan fingerprint density at radius 2 is 2.26 bits per heavy atom. The van der Waals surface area contributed by atoms with Gasteiger partial charge in [0.05, 0.1) is 11.5 Å². The van der Waals surface area contributed by atoms with E-state index >= 15 is 0 Å². The Hall–Kier alpha value is -0.610. The lowest BCUT2D eigenvalue weighted by Gasteiger charge is -2.42. The molecule has 1 N–H and O–H groups in total. The Bertz CT molecular complexity index is 299. The van der Waals surface area contributed by atoms with Gasteiger partial charge in [0, 0.05) is 26.2 Å². The van der Waals surface area contributed by atoms with Crippen LogP contribution in [0.1, 0.15) is 46.0 Å². The zero-order valence-corrected chi connectivity index (χ0v) is 12.4. The Morgan fingerprint density at radius 3 is 2.89 bits per heavy atom. The highest BCUT2D eigenvalue weighted by Crippen LogP contribution is 2.33. The standard InChI is InChI=1S/C15H28N2O2/c1-3-15(8-6-9-16-12-15)14(18)17-10-5-7-13(11-17)19-4-2/h13,16H,3-12H2,1-2H3. The van der Waals surface area contributed by atoms with Crippen molar-refractivity contribution in [1.82, 2.24) is 10.2 Å². The van der Waals surface area contributed by atoms with Crippen molar-refractivity contribution in [2.45, 2.75) is 52.1 Å². The molecule has 4 nitrogen and oxygen atoms in total. The van der Waals surface area contributed by atoms with Crippen molar-refractivity contribution in [2.75, 3.05) is 32.8 Å². The zero-order chi connectivity index (χ0) is 13.7. The van der Waals surface area contributed by atoms with Crippen LogP contribution in [0.4, 0.5) is 0 Å². The van der Waals surface area contributed by atoms with E-state index in [2.05, 4.69) is 17.1 Å². The molecule has 2 rings (SSSR count). The van der Waals surface area contributed by atoms with Crippen molar-refractivity contribution in [3.8, 4) is 0 Å². The first-order valence-corrected chi connectivity index (χ1v) is 7.83. The second-order valence-corrected chi connectivity index (χ2v) is 5.88. The molecule has 0 radical (unpaired) electrons. The number of hydrogen-bond acceptors (Lipinski definition) is 3. The summed E-state index contributed by atoms with van der Waals surface area (Å²) in [7, 11) is 0. The highest BCUT2D eigenvalue weighted by atomic mass is 16.5. The average Bonchev–Trinajstić information content (AvgIpc) is 2.48. The molecule has 19 heavy (non-hydrogen) atoms. The molecule has 2 saturated heterocycles.